The highest BCUT2D eigenvalue weighted by molar-refractivity contribution is 5.94. The Hall–Kier alpha value is -3.41. The number of hydrogen-bond donors (Lipinski definition) is 2. The van der Waals surface area contributed by atoms with Crippen LogP contribution in [0.4, 0.5) is 15.8 Å². The number of aryl methyl sites for hydroxylation is 1. The van der Waals surface area contributed by atoms with E-state index in [1.54, 1.807) is 19.1 Å². The first kappa shape index (κ1) is 21.8. The Kier molecular flexibility index (Phi) is 6.69. The number of nitriles is 1. The Bertz CT molecular complexity index is 1160. The highest BCUT2D eigenvalue weighted by Crippen LogP contribution is 2.32. The zero-order valence-corrected chi connectivity index (χ0v) is 17.9. The van der Waals surface area contributed by atoms with Crippen LogP contribution in [0.2, 0.25) is 0 Å². The number of morpholine rings is 1. The Morgan fingerprint density at radius 1 is 1.22 bits per heavy atom. The van der Waals surface area contributed by atoms with Gasteiger partial charge in [0.1, 0.15) is 29.1 Å². The van der Waals surface area contributed by atoms with Crippen molar-refractivity contribution < 1.29 is 19.0 Å². The summed E-state index contributed by atoms with van der Waals surface area (Å²) in [6.45, 7) is 6.61. The van der Waals surface area contributed by atoms with E-state index in [-0.39, 0.29) is 17.1 Å². The van der Waals surface area contributed by atoms with E-state index in [0.29, 0.717) is 34.5 Å². The van der Waals surface area contributed by atoms with E-state index in [9.17, 15) is 14.8 Å². The number of benzene rings is 2. The Morgan fingerprint density at radius 2 is 2.03 bits per heavy atom. The number of aromatic hydroxyl groups is 1. The van der Waals surface area contributed by atoms with Crippen LogP contribution in [0.25, 0.3) is 10.9 Å². The van der Waals surface area contributed by atoms with Crippen LogP contribution in [0.3, 0.4) is 0 Å². The van der Waals surface area contributed by atoms with E-state index >= 15 is 0 Å². The third-order valence-electron chi connectivity index (χ3n) is 5.44. The summed E-state index contributed by atoms with van der Waals surface area (Å²) in [6, 6.07) is 11.6. The first-order valence-electron chi connectivity index (χ1n) is 10.6. The molecule has 1 aliphatic heterocycles. The molecule has 0 aliphatic carbocycles. The van der Waals surface area contributed by atoms with Gasteiger partial charge in [0.25, 0.3) is 0 Å². The van der Waals surface area contributed by atoms with Gasteiger partial charge in [-0.05, 0) is 43.2 Å². The van der Waals surface area contributed by atoms with E-state index in [2.05, 4.69) is 15.2 Å². The van der Waals surface area contributed by atoms with Crippen LogP contribution >= 0.6 is 0 Å². The third-order valence-corrected chi connectivity index (χ3v) is 5.44. The Morgan fingerprint density at radius 3 is 2.81 bits per heavy atom. The summed E-state index contributed by atoms with van der Waals surface area (Å²) in [5.41, 5.74) is 1.84. The molecule has 0 amide bonds. The molecule has 166 valence electrons. The molecule has 0 atom stereocenters. The maximum absolute atomic E-state index is 14.4. The van der Waals surface area contributed by atoms with Gasteiger partial charge in [-0.1, -0.05) is 0 Å². The Balaban J connectivity index is 1.51. The van der Waals surface area contributed by atoms with Crippen LogP contribution in [-0.4, -0.2) is 54.4 Å². The molecule has 1 aliphatic rings. The third kappa shape index (κ3) is 5.07. The molecule has 0 spiro atoms. The highest BCUT2D eigenvalue weighted by atomic mass is 19.1. The standard InChI is InChI=1S/C24H25FN4O3/c1-16-11-20(25)23(14-24(16)30)28-21-12-17(15-26)27-22-13-18(3-4-19(21)22)32-8-2-5-29-6-9-31-10-7-29/h3-4,11-14,30H,2,5-10H2,1H3,(H,27,28). The van der Waals surface area contributed by atoms with Crippen LogP contribution in [0.5, 0.6) is 11.5 Å². The van der Waals surface area contributed by atoms with Crippen molar-refractivity contribution in [3.63, 3.8) is 0 Å². The number of phenolic OH excluding ortho intramolecular Hbond substituents is 1. The van der Waals surface area contributed by atoms with Gasteiger partial charge in [0.05, 0.1) is 36.7 Å². The monoisotopic (exact) mass is 436 g/mol. The smallest absolute Gasteiger partial charge is 0.147 e. The largest absolute Gasteiger partial charge is 0.508 e. The SMILES string of the molecule is Cc1cc(F)c(Nc2cc(C#N)nc3cc(OCCCN4CCOCC4)ccc23)cc1O. The molecule has 1 fully saturated rings. The lowest BCUT2D eigenvalue weighted by molar-refractivity contribution is 0.0358. The molecule has 1 saturated heterocycles. The molecule has 2 heterocycles. The first-order valence-corrected chi connectivity index (χ1v) is 10.6. The Labute approximate surface area is 186 Å². The molecule has 0 unspecified atom stereocenters. The average Bonchev–Trinajstić information content (AvgIpc) is 2.80. The maximum Gasteiger partial charge on any atom is 0.147 e. The number of aromatic nitrogens is 1. The summed E-state index contributed by atoms with van der Waals surface area (Å²) in [7, 11) is 0. The number of pyridine rings is 1. The summed E-state index contributed by atoms with van der Waals surface area (Å²) >= 11 is 0. The average molecular weight is 436 g/mol. The number of phenols is 1. The fourth-order valence-corrected chi connectivity index (χ4v) is 3.66. The van der Waals surface area contributed by atoms with Crippen molar-refractivity contribution in [3.8, 4) is 17.6 Å². The van der Waals surface area contributed by atoms with Crippen molar-refractivity contribution in [2.75, 3.05) is 44.8 Å². The summed E-state index contributed by atoms with van der Waals surface area (Å²) in [5, 5.41) is 23.0. The lowest BCUT2D eigenvalue weighted by Crippen LogP contribution is -2.37. The molecule has 7 nitrogen and oxygen atoms in total. The minimum atomic E-state index is -0.496. The van der Waals surface area contributed by atoms with Crippen molar-refractivity contribution in [2.45, 2.75) is 13.3 Å². The van der Waals surface area contributed by atoms with Crippen molar-refractivity contribution in [3.05, 3.63) is 53.5 Å². The van der Waals surface area contributed by atoms with E-state index in [0.717, 1.165) is 39.3 Å². The lowest BCUT2D eigenvalue weighted by Gasteiger charge is -2.26. The molecule has 0 radical (unpaired) electrons. The molecular weight excluding hydrogens is 411 g/mol. The van der Waals surface area contributed by atoms with E-state index in [4.69, 9.17) is 9.47 Å². The summed E-state index contributed by atoms with van der Waals surface area (Å²) in [6.07, 6.45) is 0.896. The normalized spacial score (nSPS) is 14.3. The highest BCUT2D eigenvalue weighted by Gasteiger charge is 2.13. The minimum absolute atomic E-state index is 0.0134. The molecular formula is C24H25FN4O3. The van der Waals surface area contributed by atoms with Crippen molar-refractivity contribution in [1.82, 2.24) is 9.88 Å². The van der Waals surface area contributed by atoms with Crippen LogP contribution in [0.1, 0.15) is 17.7 Å². The van der Waals surface area contributed by atoms with E-state index in [1.165, 1.54) is 12.1 Å². The van der Waals surface area contributed by atoms with Gasteiger partial charge in [-0.3, -0.25) is 4.90 Å². The quantitative estimate of drug-likeness (QED) is 0.539. The number of fused-ring (bicyclic) bond motifs is 1. The summed E-state index contributed by atoms with van der Waals surface area (Å²) in [5.74, 6) is 0.150. The molecule has 1 aromatic heterocycles. The number of nitrogens with zero attached hydrogens (tertiary/aromatic N) is 3. The van der Waals surface area contributed by atoms with Crippen molar-refractivity contribution >= 4 is 22.3 Å². The fourth-order valence-electron chi connectivity index (χ4n) is 3.66. The summed E-state index contributed by atoms with van der Waals surface area (Å²) < 4.78 is 25.6. The lowest BCUT2D eigenvalue weighted by atomic mass is 10.1. The number of anilines is 2. The van der Waals surface area contributed by atoms with Crippen LogP contribution in [0.15, 0.2) is 36.4 Å². The van der Waals surface area contributed by atoms with Crippen molar-refractivity contribution in [1.29, 1.82) is 5.26 Å². The number of nitrogens with one attached hydrogen (secondary N) is 1. The molecule has 0 saturated carbocycles. The van der Waals surface area contributed by atoms with Gasteiger partial charge in [0.2, 0.25) is 0 Å². The zero-order valence-electron chi connectivity index (χ0n) is 17.9. The van der Waals surface area contributed by atoms with Gasteiger partial charge in [0, 0.05) is 37.2 Å². The topological polar surface area (TPSA) is 90.6 Å². The minimum Gasteiger partial charge on any atom is -0.508 e. The number of hydrogen-bond acceptors (Lipinski definition) is 7. The van der Waals surface area contributed by atoms with E-state index in [1.807, 2.05) is 18.2 Å². The molecule has 8 heteroatoms. The van der Waals surface area contributed by atoms with E-state index < -0.39 is 5.82 Å². The molecule has 4 rings (SSSR count). The molecule has 2 N–H and O–H groups in total. The second-order valence-electron chi connectivity index (χ2n) is 7.75. The van der Waals surface area contributed by atoms with Gasteiger partial charge in [-0.15, -0.1) is 0 Å². The number of halogens is 1. The van der Waals surface area contributed by atoms with Crippen molar-refractivity contribution in [2.24, 2.45) is 0 Å². The van der Waals surface area contributed by atoms with Crippen LogP contribution in [0, 0.1) is 24.1 Å². The molecule has 3 aromatic rings. The fraction of sp³-hybridized carbons (Fsp3) is 0.333. The number of ether oxygens (including phenoxy) is 2. The molecule has 0 bridgehead atoms. The van der Waals surface area contributed by atoms with Gasteiger partial charge >= 0.3 is 0 Å². The predicted molar refractivity (Wildman–Crippen MR) is 120 cm³/mol. The molecule has 32 heavy (non-hydrogen) atoms. The second-order valence-corrected chi connectivity index (χ2v) is 7.75. The maximum atomic E-state index is 14.4. The van der Waals surface area contributed by atoms with Gasteiger partial charge in [-0.2, -0.15) is 5.26 Å². The van der Waals surface area contributed by atoms with Gasteiger partial charge in [-0.25, -0.2) is 9.37 Å². The van der Waals surface area contributed by atoms with Gasteiger partial charge in [0.15, 0.2) is 0 Å². The van der Waals surface area contributed by atoms with Crippen LogP contribution < -0.4 is 10.1 Å². The predicted octanol–water partition coefficient (Wildman–Crippen LogP) is 4.10. The second kappa shape index (κ2) is 9.81. The summed E-state index contributed by atoms with van der Waals surface area (Å²) in [4.78, 5) is 6.72. The van der Waals surface area contributed by atoms with Gasteiger partial charge < -0.3 is 19.9 Å². The first-order chi connectivity index (χ1) is 15.5. The van der Waals surface area contributed by atoms with Crippen LogP contribution in [-0.2, 0) is 4.74 Å². The molecule has 2 aromatic carbocycles. The zero-order chi connectivity index (χ0) is 22.5. The number of rotatable bonds is 7.